The van der Waals surface area contributed by atoms with Crippen molar-refractivity contribution in [3.05, 3.63) is 53.7 Å². The molecule has 0 saturated heterocycles. The Morgan fingerprint density at radius 2 is 1.95 bits per heavy atom. The van der Waals surface area contributed by atoms with Gasteiger partial charge in [0.25, 0.3) is 17.2 Å². The molecule has 0 fully saturated rings. The molecule has 0 aliphatic heterocycles. The van der Waals surface area contributed by atoms with Gasteiger partial charge in [-0.1, -0.05) is 31.1 Å². The third-order valence-electron chi connectivity index (χ3n) is 5.53. The minimum absolute atomic E-state index is 0.0910. The van der Waals surface area contributed by atoms with Crippen LogP contribution < -0.4 is 24.6 Å². The Morgan fingerprint density at radius 1 is 1.19 bits per heavy atom. The lowest BCUT2D eigenvalue weighted by atomic mass is 10.1. The average molecular weight is 549 g/mol. The molecular weight excluding hydrogens is 516 g/mol. The van der Waals surface area contributed by atoms with Gasteiger partial charge in [-0.05, 0) is 61.4 Å². The highest BCUT2D eigenvalue weighted by Crippen LogP contribution is 2.38. The first kappa shape index (κ1) is 28.4. The smallest absolute Gasteiger partial charge is 0.274 e. The molecule has 200 valence electrons. The molecule has 4 N–H and O–H groups in total. The maximum Gasteiger partial charge on any atom is 0.274 e. The molecule has 1 aromatic heterocycles. The van der Waals surface area contributed by atoms with E-state index in [1.165, 1.54) is 23.5 Å². The molecular formula is C25H32N4O6S2. The largest absolute Gasteiger partial charge is 0.495 e. The highest BCUT2D eigenvalue weighted by Gasteiger charge is 2.20. The molecule has 0 aliphatic rings. The minimum Gasteiger partial charge on any atom is -0.495 e. The van der Waals surface area contributed by atoms with Crippen LogP contribution in [0.25, 0.3) is 10.4 Å². The Bertz CT molecular complexity index is 1200. The van der Waals surface area contributed by atoms with Crippen LogP contribution >= 0.6 is 11.3 Å². The van der Waals surface area contributed by atoms with E-state index >= 15 is 0 Å². The van der Waals surface area contributed by atoms with Crippen molar-refractivity contribution in [2.45, 2.75) is 33.1 Å². The van der Waals surface area contributed by atoms with E-state index in [1.807, 2.05) is 19.1 Å². The number of ether oxygens (including phenoxy) is 2. The van der Waals surface area contributed by atoms with Crippen LogP contribution in [0.4, 0.5) is 10.8 Å². The van der Waals surface area contributed by atoms with Crippen LogP contribution in [-0.4, -0.2) is 51.7 Å². The van der Waals surface area contributed by atoms with E-state index in [1.54, 1.807) is 35.0 Å². The van der Waals surface area contributed by atoms with Crippen LogP contribution in [0.15, 0.2) is 42.5 Å². The van der Waals surface area contributed by atoms with Gasteiger partial charge in [0.05, 0.1) is 29.9 Å². The van der Waals surface area contributed by atoms with E-state index < -0.39 is 17.2 Å². The minimum atomic E-state index is -2.34. The first-order valence-corrected chi connectivity index (χ1v) is 13.7. The Hall–Kier alpha value is -3.19. The topological polar surface area (TPSA) is 133 Å². The molecule has 0 saturated carbocycles. The summed E-state index contributed by atoms with van der Waals surface area (Å²) < 4.78 is 34.8. The molecule has 1 atom stereocenters. The van der Waals surface area contributed by atoms with Crippen LogP contribution in [0.2, 0.25) is 0 Å². The van der Waals surface area contributed by atoms with Gasteiger partial charge in [-0.2, -0.15) is 0 Å². The van der Waals surface area contributed by atoms with E-state index in [9.17, 15) is 13.6 Å². The second-order valence-electron chi connectivity index (χ2n) is 8.10. The van der Waals surface area contributed by atoms with E-state index in [2.05, 4.69) is 17.2 Å². The van der Waals surface area contributed by atoms with Crippen LogP contribution in [0, 0.1) is 6.92 Å². The van der Waals surface area contributed by atoms with E-state index in [-0.39, 0.29) is 18.7 Å². The first-order chi connectivity index (χ1) is 17.9. The molecule has 10 nitrogen and oxygen atoms in total. The summed E-state index contributed by atoms with van der Waals surface area (Å²) in [6.07, 6.45) is 3.40. The number of hydrogen-bond donors (Lipinski definition) is 4. The number of methoxy groups -OCH3 is 1. The average Bonchev–Trinajstić information content (AvgIpc) is 3.28. The number of aryl methyl sites for hydroxylation is 1. The number of hydrogen-bond acceptors (Lipinski definition) is 8. The number of carbonyl (C=O) groups excluding carboxylic acids is 1. The van der Waals surface area contributed by atoms with Gasteiger partial charge >= 0.3 is 0 Å². The molecule has 1 unspecified atom stereocenters. The molecule has 1 amide bonds. The normalized spacial score (nSPS) is 11.6. The maximum atomic E-state index is 12.3. The van der Waals surface area contributed by atoms with Gasteiger partial charge in [0, 0.05) is 12.1 Å². The molecule has 12 heteroatoms. The lowest BCUT2D eigenvalue weighted by Crippen LogP contribution is -2.30. The van der Waals surface area contributed by atoms with Crippen LogP contribution in [0.5, 0.6) is 11.5 Å². The third-order valence-corrected chi connectivity index (χ3v) is 7.45. The van der Waals surface area contributed by atoms with Crippen LogP contribution in [-0.2, 0) is 11.3 Å². The van der Waals surface area contributed by atoms with Crippen LogP contribution in [0.1, 0.15) is 42.2 Å². The monoisotopic (exact) mass is 548 g/mol. The van der Waals surface area contributed by atoms with Crippen molar-refractivity contribution < 1.29 is 28.2 Å². The van der Waals surface area contributed by atoms with Crippen molar-refractivity contribution in [2.24, 2.45) is 0 Å². The molecule has 3 aromatic rings. The third kappa shape index (κ3) is 7.65. The second-order valence-corrected chi connectivity index (χ2v) is 10.0. The Balaban J connectivity index is 1.75. The predicted molar refractivity (Wildman–Crippen MR) is 146 cm³/mol. The number of thiazole rings is 1. The van der Waals surface area contributed by atoms with E-state index in [0.29, 0.717) is 17.2 Å². The van der Waals surface area contributed by atoms with Gasteiger partial charge in [0.2, 0.25) is 0 Å². The standard InChI is InChI=1S/C25H32N4O6S2/c1-4-5-6-13-26-25-27-17(2)23(36-25)19-9-12-22(34-3)21(16-19)29(37(32)33)14-15-35-20-10-7-18(8-11-20)24(30)28-31/h7-12,16,31H,4-6,13-15H2,1-3H3,(H,26,27)(H,28,30)(H,32,33). The fourth-order valence-corrected chi connectivity index (χ4v) is 5.16. The summed E-state index contributed by atoms with van der Waals surface area (Å²) in [5.74, 6) is 0.291. The van der Waals surface area contributed by atoms with Crippen molar-refractivity contribution >= 4 is 39.3 Å². The van der Waals surface area contributed by atoms with Crippen molar-refractivity contribution in [3.8, 4) is 21.9 Å². The van der Waals surface area contributed by atoms with Gasteiger partial charge in [-0.3, -0.25) is 18.9 Å². The lowest BCUT2D eigenvalue weighted by molar-refractivity contribution is 0.0706. The number of amides is 1. The summed E-state index contributed by atoms with van der Waals surface area (Å²) in [5.41, 5.74) is 4.02. The fraction of sp³-hybridized carbons (Fsp3) is 0.360. The predicted octanol–water partition coefficient (Wildman–Crippen LogP) is 4.87. The number of nitrogens with zero attached hydrogens (tertiary/aromatic N) is 2. The second kappa shape index (κ2) is 13.9. The molecule has 1 heterocycles. The Labute approximate surface area is 223 Å². The van der Waals surface area contributed by atoms with Gasteiger partial charge in [-0.15, -0.1) is 0 Å². The van der Waals surface area contributed by atoms with Gasteiger partial charge in [0.1, 0.15) is 18.1 Å². The number of aromatic nitrogens is 1. The summed E-state index contributed by atoms with van der Waals surface area (Å²) in [5, 5.41) is 12.9. The zero-order valence-corrected chi connectivity index (χ0v) is 22.7. The fourth-order valence-electron chi connectivity index (χ4n) is 3.63. The molecule has 0 radical (unpaired) electrons. The Kier molecular flexibility index (Phi) is 10.7. The molecule has 0 bridgehead atoms. The quantitative estimate of drug-likeness (QED) is 0.0971. The summed E-state index contributed by atoms with van der Waals surface area (Å²) in [4.78, 5) is 17.1. The number of carbonyl (C=O) groups is 1. The maximum absolute atomic E-state index is 12.3. The summed E-state index contributed by atoms with van der Waals surface area (Å²) >= 11 is -0.794. The number of rotatable bonds is 14. The molecule has 3 rings (SSSR count). The summed E-state index contributed by atoms with van der Waals surface area (Å²) in [6.45, 7) is 5.16. The number of nitrogens with one attached hydrogen (secondary N) is 2. The van der Waals surface area contributed by atoms with E-state index in [0.717, 1.165) is 47.1 Å². The van der Waals surface area contributed by atoms with Gasteiger partial charge < -0.3 is 14.8 Å². The van der Waals surface area contributed by atoms with Crippen molar-refractivity contribution in [2.75, 3.05) is 36.4 Å². The summed E-state index contributed by atoms with van der Waals surface area (Å²) in [7, 11) is 1.51. The highest BCUT2D eigenvalue weighted by molar-refractivity contribution is 7.80. The van der Waals surface area contributed by atoms with Crippen molar-refractivity contribution in [3.63, 3.8) is 0 Å². The Morgan fingerprint density at radius 3 is 2.59 bits per heavy atom. The number of benzene rings is 2. The number of hydroxylamine groups is 1. The van der Waals surface area contributed by atoms with E-state index in [4.69, 9.17) is 14.7 Å². The van der Waals surface area contributed by atoms with Crippen molar-refractivity contribution in [1.29, 1.82) is 0 Å². The number of unbranched alkanes of at least 4 members (excludes halogenated alkanes) is 2. The first-order valence-electron chi connectivity index (χ1n) is 11.8. The zero-order valence-electron chi connectivity index (χ0n) is 21.0. The number of anilines is 2. The zero-order chi connectivity index (χ0) is 26.8. The van der Waals surface area contributed by atoms with Gasteiger partial charge in [-0.25, -0.2) is 14.7 Å². The molecule has 0 aliphatic carbocycles. The van der Waals surface area contributed by atoms with Gasteiger partial charge in [0.15, 0.2) is 5.13 Å². The SMILES string of the molecule is CCCCCNc1nc(C)c(-c2ccc(OC)c(N(CCOc3ccc(C(=O)NO)cc3)S(=O)O)c2)s1. The molecule has 37 heavy (non-hydrogen) atoms. The summed E-state index contributed by atoms with van der Waals surface area (Å²) in [6, 6.07) is 11.6. The highest BCUT2D eigenvalue weighted by atomic mass is 32.2. The van der Waals surface area contributed by atoms with Crippen molar-refractivity contribution in [1.82, 2.24) is 10.5 Å². The molecule has 2 aromatic carbocycles. The lowest BCUT2D eigenvalue weighted by Gasteiger charge is -2.23. The van der Waals surface area contributed by atoms with Crippen LogP contribution in [0.3, 0.4) is 0 Å². The molecule has 0 spiro atoms.